The van der Waals surface area contributed by atoms with Crippen LogP contribution >= 0.6 is 0 Å². The van der Waals surface area contributed by atoms with Crippen LogP contribution in [0.25, 0.3) is 0 Å². The first-order valence-corrected chi connectivity index (χ1v) is 5.89. The van der Waals surface area contributed by atoms with Gasteiger partial charge in [-0.2, -0.15) is 0 Å². The average molecular weight is 198 g/mol. The maximum absolute atomic E-state index is 6.00. The zero-order valence-electron chi connectivity index (χ0n) is 9.69. The lowest BCUT2D eigenvalue weighted by molar-refractivity contribution is 0.0172. The van der Waals surface area contributed by atoms with Gasteiger partial charge in [-0.1, -0.05) is 27.7 Å². The Bertz CT molecular complexity index is 166. The van der Waals surface area contributed by atoms with E-state index in [0.717, 1.165) is 12.8 Å². The molecule has 2 heteroatoms. The van der Waals surface area contributed by atoms with Crippen LogP contribution < -0.4 is 0 Å². The smallest absolute Gasteiger partial charge is 0.0866 e. The van der Waals surface area contributed by atoms with Gasteiger partial charge in [0.05, 0.1) is 24.4 Å². The van der Waals surface area contributed by atoms with Crippen LogP contribution in [0.3, 0.4) is 0 Å². The molecular formula is C12H22O2. The highest BCUT2D eigenvalue weighted by Crippen LogP contribution is 2.38. The van der Waals surface area contributed by atoms with Crippen LogP contribution in [0.2, 0.25) is 0 Å². The Morgan fingerprint density at radius 3 is 1.43 bits per heavy atom. The van der Waals surface area contributed by atoms with Crippen LogP contribution in [-0.2, 0) is 9.47 Å². The summed E-state index contributed by atoms with van der Waals surface area (Å²) in [5.41, 5.74) is 0. The molecule has 2 heterocycles. The molecule has 0 aromatic rings. The Morgan fingerprint density at radius 2 is 1.14 bits per heavy atom. The third-order valence-electron chi connectivity index (χ3n) is 3.53. The number of fused-ring (bicyclic) bond motifs is 1. The maximum Gasteiger partial charge on any atom is 0.0866 e. The van der Waals surface area contributed by atoms with E-state index in [-0.39, 0.29) is 0 Å². The van der Waals surface area contributed by atoms with E-state index in [9.17, 15) is 0 Å². The van der Waals surface area contributed by atoms with Gasteiger partial charge in [-0.3, -0.25) is 0 Å². The summed E-state index contributed by atoms with van der Waals surface area (Å²) in [6.45, 7) is 8.91. The minimum atomic E-state index is 0.384. The molecule has 0 bridgehead atoms. The van der Waals surface area contributed by atoms with Crippen LogP contribution in [0.5, 0.6) is 0 Å². The van der Waals surface area contributed by atoms with E-state index < -0.39 is 0 Å². The minimum absolute atomic E-state index is 0.384. The van der Waals surface area contributed by atoms with E-state index in [2.05, 4.69) is 27.7 Å². The fourth-order valence-electron chi connectivity index (χ4n) is 2.47. The van der Waals surface area contributed by atoms with Crippen LogP contribution in [0.4, 0.5) is 0 Å². The third kappa shape index (κ3) is 1.82. The van der Waals surface area contributed by atoms with Gasteiger partial charge in [0.25, 0.3) is 0 Å². The van der Waals surface area contributed by atoms with Gasteiger partial charge in [-0.15, -0.1) is 0 Å². The molecule has 2 aliphatic rings. The SMILES string of the molecule is CC(C)C1CC2OC(C(C)C)CC2O1. The van der Waals surface area contributed by atoms with E-state index in [1.54, 1.807) is 0 Å². The molecule has 0 saturated carbocycles. The molecule has 0 radical (unpaired) electrons. The zero-order valence-corrected chi connectivity index (χ0v) is 9.69. The molecule has 2 fully saturated rings. The molecule has 2 nitrogen and oxygen atoms in total. The Kier molecular flexibility index (Phi) is 2.85. The number of rotatable bonds is 2. The lowest BCUT2D eigenvalue weighted by Gasteiger charge is -2.19. The molecular weight excluding hydrogens is 176 g/mol. The van der Waals surface area contributed by atoms with Crippen molar-refractivity contribution in [1.82, 2.24) is 0 Å². The van der Waals surface area contributed by atoms with Crippen molar-refractivity contribution in [1.29, 1.82) is 0 Å². The number of hydrogen-bond acceptors (Lipinski definition) is 2. The van der Waals surface area contributed by atoms with Crippen molar-refractivity contribution < 1.29 is 9.47 Å². The van der Waals surface area contributed by atoms with Crippen LogP contribution in [-0.4, -0.2) is 24.4 Å². The number of ether oxygens (including phenoxy) is 2. The molecule has 0 spiro atoms. The third-order valence-corrected chi connectivity index (χ3v) is 3.53. The summed E-state index contributed by atoms with van der Waals surface area (Å²) in [7, 11) is 0. The molecule has 4 atom stereocenters. The van der Waals surface area contributed by atoms with Gasteiger partial charge in [-0.25, -0.2) is 0 Å². The second kappa shape index (κ2) is 3.82. The number of hydrogen-bond donors (Lipinski definition) is 0. The van der Waals surface area contributed by atoms with Gasteiger partial charge in [0.1, 0.15) is 0 Å². The standard InChI is InChI=1S/C12H22O2/c1-7(2)9-5-11-12(13-9)6-10(14-11)8(3)4/h7-12H,5-6H2,1-4H3. The molecule has 0 amide bonds. The summed E-state index contributed by atoms with van der Waals surface area (Å²) in [4.78, 5) is 0. The first-order chi connectivity index (χ1) is 6.58. The Morgan fingerprint density at radius 1 is 0.786 bits per heavy atom. The fourth-order valence-corrected chi connectivity index (χ4v) is 2.47. The van der Waals surface area contributed by atoms with E-state index >= 15 is 0 Å². The molecule has 0 aromatic carbocycles. The van der Waals surface area contributed by atoms with Gasteiger partial charge in [-0.05, 0) is 11.8 Å². The minimum Gasteiger partial charge on any atom is -0.372 e. The summed E-state index contributed by atoms with van der Waals surface area (Å²) in [6, 6.07) is 0. The second-order valence-electron chi connectivity index (χ2n) is 5.39. The second-order valence-corrected chi connectivity index (χ2v) is 5.39. The van der Waals surface area contributed by atoms with Crippen LogP contribution in [0.1, 0.15) is 40.5 Å². The molecule has 82 valence electrons. The fraction of sp³-hybridized carbons (Fsp3) is 1.00. The normalized spacial score (nSPS) is 42.4. The van der Waals surface area contributed by atoms with E-state index in [0.29, 0.717) is 36.3 Å². The Balaban J connectivity index is 1.90. The molecule has 0 aliphatic carbocycles. The van der Waals surface area contributed by atoms with Crippen molar-refractivity contribution in [2.45, 2.75) is 65.0 Å². The molecule has 2 saturated heterocycles. The molecule has 14 heavy (non-hydrogen) atoms. The lowest BCUT2D eigenvalue weighted by Crippen LogP contribution is -2.21. The quantitative estimate of drug-likeness (QED) is 0.679. The lowest BCUT2D eigenvalue weighted by atomic mass is 10.0. The highest BCUT2D eigenvalue weighted by molar-refractivity contribution is 4.92. The molecule has 2 aliphatic heterocycles. The maximum atomic E-state index is 6.00. The summed E-state index contributed by atoms with van der Waals surface area (Å²) in [5, 5.41) is 0. The average Bonchev–Trinajstić information content (AvgIpc) is 2.57. The molecule has 4 unspecified atom stereocenters. The molecule has 0 N–H and O–H groups in total. The largest absolute Gasteiger partial charge is 0.372 e. The monoisotopic (exact) mass is 198 g/mol. The first-order valence-electron chi connectivity index (χ1n) is 5.89. The predicted molar refractivity (Wildman–Crippen MR) is 56.2 cm³/mol. The van der Waals surface area contributed by atoms with E-state index in [1.165, 1.54) is 0 Å². The highest BCUT2D eigenvalue weighted by atomic mass is 16.6. The van der Waals surface area contributed by atoms with Crippen molar-refractivity contribution >= 4 is 0 Å². The van der Waals surface area contributed by atoms with Gasteiger partial charge < -0.3 is 9.47 Å². The molecule has 2 rings (SSSR count). The first kappa shape index (κ1) is 10.4. The van der Waals surface area contributed by atoms with Crippen molar-refractivity contribution in [3.8, 4) is 0 Å². The Hall–Kier alpha value is -0.0800. The van der Waals surface area contributed by atoms with Gasteiger partial charge in [0.2, 0.25) is 0 Å². The Labute approximate surface area is 87.0 Å². The zero-order chi connectivity index (χ0) is 10.3. The van der Waals surface area contributed by atoms with Crippen molar-refractivity contribution in [3.05, 3.63) is 0 Å². The van der Waals surface area contributed by atoms with Crippen LogP contribution in [0.15, 0.2) is 0 Å². The van der Waals surface area contributed by atoms with E-state index in [1.807, 2.05) is 0 Å². The van der Waals surface area contributed by atoms with Gasteiger partial charge in [0, 0.05) is 12.8 Å². The summed E-state index contributed by atoms with van der Waals surface area (Å²) in [6.07, 6.45) is 3.83. The van der Waals surface area contributed by atoms with Gasteiger partial charge in [0.15, 0.2) is 0 Å². The van der Waals surface area contributed by atoms with E-state index in [4.69, 9.17) is 9.47 Å². The van der Waals surface area contributed by atoms with Crippen molar-refractivity contribution in [2.75, 3.05) is 0 Å². The summed E-state index contributed by atoms with van der Waals surface area (Å²) in [5.74, 6) is 1.25. The topological polar surface area (TPSA) is 18.5 Å². The predicted octanol–water partition coefficient (Wildman–Crippen LogP) is 2.61. The summed E-state index contributed by atoms with van der Waals surface area (Å²) >= 11 is 0. The van der Waals surface area contributed by atoms with Crippen molar-refractivity contribution in [2.24, 2.45) is 11.8 Å². The highest BCUT2D eigenvalue weighted by Gasteiger charge is 2.45. The van der Waals surface area contributed by atoms with Crippen molar-refractivity contribution in [3.63, 3.8) is 0 Å². The molecule has 0 aromatic heterocycles. The summed E-state index contributed by atoms with van der Waals surface area (Å²) < 4.78 is 12.0. The van der Waals surface area contributed by atoms with Crippen LogP contribution in [0, 0.1) is 11.8 Å². The van der Waals surface area contributed by atoms with Gasteiger partial charge >= 0.3 is 0 Å².